The highest BCUT2D eigenvalue weighted by molar-refractivity contribution is 14.1. The van der Waals surface area contributed by atoms with Gasteiger partial charge in [0, 0.05) is 11.0 Å². The topological polar surface area (TPSA) is 55.4 Å². The van der Waals surface area contributed by atoms with Crippen LogP contribution in [0.15, 0.2) is 22.7 Å². The van der Waals surface area contributed by atoms with Gasteiger partial charge in [-0.1, -0.05) is 38.5 Å². The maximum Gasteiger partial charge on any atom is 0.320 e. The van der Waals surface area contributed by atoms with Gasteiger partial charge in [-0.3, -0.25) is 9.59 Å². The first-order valence-electron chi connectivity index (χ1n) is 4.91. The number of halogens is 3. The summed E-state index contributed by atoms with van der Waals surface area (Å²) in [7, 11) is 1.27. The molecule has 1 aromatic rings. The summed E-state index contributed by atoms with van der Waals surface area (Å²) in [5.41, 5.74) is -0.0633. The zero-order valence-electron chi connectivity index (χ0n) is 9.38. The molecule has 1 amide bonds. The van der Waals surface area contributed by atoms with E-state index in [1.54, 1.807) is 6.07 Å². The lowest BCUT2D eigenvalue weighted by molar-refractivity contribution is -0.139. The van der Waals surface area contributed by atoms with Crippen LogP contribution in [0.4, 0.5) is 4.39 Å². The maximum absolute atomic E-state index is 13.5. The molecular weight excluding hydrogens is 420 g/mol. The Kier molecular flexibility index (Phi) is 6.00. The van der Waals surface area contributed by atoms with Gasteiger partial charge in [-0.25, -0.2) is 4.39 Å². The van der Waals surface area contributed by atoms with Gasteiger partial charge in [0.25, 0.3) is 5.91 Å². The summed E-state index contributed by atoms with van der Waals surface area (Å²) in [5, 5.41) is 2.47. The fraction of sp³-hybridized carbons (Fsp3) is 0.273. The number of nitrogens with one attached hydrogen (secondary N) is 1. The fourth-order valence-electron chi connectivity index (χ4n) is 1.16. The highest BCUT2D eigenvalue weighted by Crippen LogP contribution is 2.15. The summed E-state index contributed by atoms with van der Waals surface area (Å²) < 4.78 is 18.0. The van der Waals surface area contributed by atoms with E-state index in [-0.39, 0.29) is 12.1 Å². The summed E-state index contributed by atoms with van der Waals surface area (Å²) in [6.07, 6.45) is 0. The molecule has 0 aromatic heterocycles. The average Bonchev–Trinajstić information content (AvgIpc) is 2.34. The fourth-order valence-corrected chi connectivity index (χ4v) is 1.97. The minimum absolute atomic E-state index is 0.0633. The van der Waals surface area contributed by atoms with Gasteiger partial charge in [0.2, 0.25) is 0 Å². The van der Waals surface area contributed by atoms with Gasteiger partial charge in [-0.05, 0) is 18.2 Å². The van der Waals surface area contributed by atoms with Crippen molar-refractivity contribution in [1.29, 1.82) is 0 Å². The lowest BCUT2D eigenvalue weighted by atomic mass is 10.2. The number of hydrogen-bond donors (Lipinski definition) is 1. The molecule has 0 saturated heterocycles. The molecule has 0 saturated carbocycles. The lowest BCUT2D eigenvalue weighted by Crippen LogP contribution is -2.34. The Morgan fingerprint density at radius 2 is 2.22 bits per heavy atom. The highest BCUT2D eigenvalue weighted by atomic mass is 127. The van der Waals surface area contributed by atoms with Crippen molar-refractivity contribution in [2.45, 2.75) is 3.92 Å². The molecule has 0 aliphatic heterocycles. The third kappa shape index (κ3) is 4.20. The number of amides is 1. The zero-order chi connectivity index (χ0) is 13.7. The molecule has 0 bridgehead atoms. The number of esters is 1. The molecule has 18 heavy (non-hydrogen) atoms. The van der Waals surface area contributed by atoms with E-state index in [1.807, 2.05) is 22.6 Å². The van der Waals surface area contributed by atoms with Crippen molar-refractivity contribution in [3.05, 3.63) is 34.1 Å². The highest BCUT2D eigenvalue weighted by Gasteiger charge is 2.18. The first-order chi connectivity index (χ1) is 8.45. The van der Waals surface area contributed by atoms with Crippen molar-refractivity contribution >= 4 is 50.4 Å². The smallest absolute Gasteiger partial charge is 0.320 e. The van der Waals surface area contributed by atoms with E-state index in [9.17, 15) is 14.0 Å². The Morgan fingerprint density at radius 3 is 2.78 bits per heavy atom. The maximum atomic E-state index is 13.5. The summed E-state index contributed by atoms with van der Waals surface area (Å²) in [5.74, 6) is -1.62. The van der Waals surface area contributed by atoms with Crippen molar-refractivity contribution < 1.29 is 18.7 Å². The van der Waals surface area contributed by atoms with Crippen LogP contribution in [0.3, 0.4) is 0 Å². The molecule has 1 atom stereocenters. The Labute approximate surface area is 126 Å². The lowest BCUT2D eigenvalue weighted by Gasteiger charge is -2.09. The Hall–Kier alpha value is -0.700. The van der Waals surface area contributed by atoms with E-state index in [1.165, 1.54) is 19.2 Å². The molecule has 0 radical (unpaired) electrons. The number of alkyl halides is 1. The summed E-state index contributed by atoms with van der Waals surface area (Å²) >= 11 is 4.95. The van der Waals surface area contributed by atoms with Crippen LogP contribution in [0, 0.1) is 5.82 Å². The normalized spacial score (nSPS) is 11.8. The molecule has 1 N–H and O–H groups in total. The molecule has 0 spiro atoms. The van der Waals surface area contributed by atoms with Crippen LogP contribution in [0.5, 0.6) is 0 Å². The Morgan fingerprint density at radius 1 is 1.56 bits per heavy atom. The zero-order valence-corrected chi connectivity index (χ0v) is 13.1. The average molecular weight is 430 g/mol. The third-order valence-corrected chi connectivity index (χ3v) is 3.52. The molecule has 98 valence electrons. The van der Waals surface area contributed by atoms with E-state index >= 15 is 0 Å². The molecule has 0 aliphatic carbocycles. The van der Waals surface area contributed by atoms with Crippen molar-refractivity contribution in [1.82, 2.24) is 5.32 Å². The number of ether oxygens (including phenoxy) is 1. The van der Waals surface area contributed by atoms with E-state index in [4.69, 9.17) is 0 Å². The van der Waals surface area contributed by atoms with Crippen LogP contribution < -0.4 is 5.32 Å². The molecule has 1 aromatic carbocycles. The van der Waals surface area contributed by atoms with E-state index in [0.29, 0.717) is 4.47 Å². The minimum Gasteiger partial charge on any atom is -0.468 e. The van der Waals surface area contributed by atoms with Crippen LogP contribution in [0.2, 0.25) is 0 Å². The van der Waals surface area contributed by atoms with Crippen LogP contribution in [-0.2, 0) is 9.53 Å². The first-order valence-corrected chi connectivity index (χ1v) is 6.94. The molecule has 0 heterocycles. The van der Waals surface area contributed by atoms with Gasteiger partial charge in [0.15, 0.2) is 0 Å². The van der Waals surface area contributed by atoms with Crippen LogP contribution in [0.25, 0.3) is 0 Å². The summed E-state index contributed by atoms with van der Waals surface area (Å²) in [6, 6.07) is 4.14. The van der Waals surface area contributed by atoms with Crippen LogP contribution in [-0.4, -0.2) is 29.5 Å². The Bertz CT molecular complexity index is 470. The van der Waals surface area contributed by atoms with Crippen LogP contribution >= 0.6 is 38.5 Å². The number of carbonyl (C=O) groups excluding carboxylic acids is 2. The molecule has 0 fully saturated rings. The molecular formula is C11H10BrFINO3. The quantitative estimate of drug-likeness (QED) is 0.454. The first kappa shape index (κ1) is 15.4. The van der Waals surface area contributed by atoms with Crippen LogP contribution in [0.1, 0.15) is 10.4 Å². The van der Waals surface area contributed by atoms with Gasteiger partial charge in [-0.15, -0.1) is 0 Å². The number of methoxy groups -OCH3 is 1. The van der Waals surface area contributed by atoms with E-state index < -0.39 is 21.6 Å². The van der Waals surface area contributed by atoms with Gasteiger partial charge in [0.1, 0.15) is 9.74 Å². The second-order valence-corrected chi connectivity index (χ2v) is 5.74. The van der Waals surface area contributed by atoms with Gasteiger partial charge < -0.3 is 10.1 Å². The molecule has 1 rings (SSSR count). The molecule has 4 nitrogen and oxygen atoms in total. The number of rotatable bonds is 4. The minimum atomic E-state index is -0.620. The second kappa shape index (κ2) is 7.03. The molecule has 0 aliphatic rings. The van der Waals surface area contributed by atoms with Crippen molar-refractivity contribution in [3.63, 3.8) is 0 Å². The Balaban J connectivity index is 2.63. The largest absolute Gasteiger partial charge is 0.468 e. The monoisotopic (exact) mass is 429 g/mol. The summed E-state index contributed by atoms with van der Waals surface area (Å²) in [4.78, 5) is 22.8. The number of carbonyl (C=O) groups is 2. The predicted octanol–water partition coefficient (Wildman–Crippen LogP) is 2.29. The number of hydrogen-bond acceptors (Lipinski definition) is 3. The van der Waals surface area contributed by atoms with Crippen molar-refractivity contribution in [2.75, 3.05) is 13.7 Å². The van der Waals surface area contributed by atoms with E-state index in [0.717, 1.165) is 0 Å². The predicted molar refractivity (Wildman–Crippen MR) is 76.3 cm³/mol. The SMILES string of the molecule is COC(=O)C(I)CNC(=O)c1ccc(Br)cc1F. The standard InChI is InChI=1S/C11H10BrFINO3/c1-18-11(17)9(14)5-15-10(16)7-3-2-6(12)4-8(7)13/h2-4,9H,5H2,1H3,(H,15,16). The second-order valence-electron chi connectivity index (χ2n) is 3.32. The third-order valence-electron chi connectivity index (χ3n) is 2.07. The van der Waals surface area contributed by atoms with Gasteiger partial charge >= 0.3 is 5.97 Å². The number of benzene rings is 1. The molecule has 1 unspecified atom stereocenters. The van der Waals surface area contributed by atoms with Crippen molar-refractivity contribution in [3.8, 4) is 0 Å². The molecule has 7 heteroatoms. The van der Waals surface area contributed by atoms with Gasteiger partial charge in [-0.2, -0.15) is 0 Å². The summed E-state index contributed by atoms with van der Waals surface area (Å²) in [6.45, 7) is 0.0849. The van der Waals surface area contributed by atoms with E-state index in [2.05, 4.69) is 26.0 Å². The van der Waals surface area contributed by atoms with Gasteiger partial charge in [0.05, 0.1) is 12.7 Å². The van der Waals surface area contributed by atoms with Crippen molar-refractivity contribution in [2.24, 2.45) is 0 Å².